The Morgan fingerprint density at radius 3 is 1.86 bits per heavy atom. The van der Waals surface area contributed by atoms with Crippen LogP contribution in [0.15, 0.2) is 36.4 Å². The lowest BCUT2D eigenvalue weighted by Gasteiger charge is -2.31. The Bertz CT molecular complexity index is 1770. The van der Waals surface area contributed by atoms with Crippen molar-refractivity contribution in [2.45, 2.75) is 97.2 Å². The standard InChI is InChI=1S/C40H58N6O11/c1-23-33(47)45-29(36(50)53-11)21-25-12-14-30(54-18-16-42-37(51)56-39(3,4)5)27(20-25)28-22-26(32(34(48)44-23)46(10)35(49)24(2)41-9)13-15-31(28)55-19-17-43-38(52)57-40(6,7)8/h12-15,20,22-24,29,32,41H,16-19,21H2,1-11H3,(H,42,51)(H,43,52)(H,44,48)(H,45,47)/t23-,24-,29-,32-/m0/s1. The Morgan fingerprint density at radius 1 is 0.825 bits per heavy atom. The highest BCUT2D eigenvalue weighted by atomic mass is 16.6. The summed E-state index contributed by atoms with van der Waals surface area (Å²) in [5.41, 5.74) is 0.471. The Kier molecular flexibility index (Phi) is 16.1. The second kappa shape index (κ2) is 20.0. The van der Waals surface area contributed by atoms with E-state index >= 15 is 0 Å². The number of nitrogens with zero attached hydrogens (tertiary/aromatic N) is 1. The second-order valence-corrected chi connectivity index (χ2v) is 15.5. The number of hydrogen-bond acceptors (Lipinski definition) is 12. The van der Waals surface area contributed by atoms with E-state index in [0.29, 0.717) is 33.8 Å². The minimum Gasteiger partial charge on any atom is -0.491 e. The first kappa shape index (κ1) is 45.8. The van der Waals surface area contributed by atoms with Gasteiger partial charge in [0.2, 0.25) is 17.7 Å². The molecule has 3 rings (SSSR count). The van der Waals surface area contributed by atoms with Crippen molar-refractivity contribution in [1.82, 2.24) is 31.5 Å². The van der Waals surface area contributed by atoms with Crippen LogP contribution in [0.1, 0.15) is 72.6 Å². The minimum absolute atomic E-state index is 0.00399. The van der Waals surface area contributed by atoms with Crippen LogP contribution in [-0.2, 0) is 39.8 Å². The first-order chi connectivity index (χ1) is 26.6. The summed E-state index contributed by atoms with van der Waals surface area (Å²) in [7, 11) is 4.31. The van der Waals surface area contributed by atoms with Gasteiger partial charge in [0.1, 0.15) is 54.0 Å². The lowest BCUT2D eigenvalue weighted by atomic mass is 9.93. The Hall–Kier alpha value is -5.58. The number of esters is 1. The molecule has 2 aromatic carbocycles. The summed E-state index contributed by atoms with van der Waals surface area (Å²) in [5, 5.41) is 13.6. The quantitative estimate of drug-likeness (QED) is 0.119. The van der Waals surface area contributed by atoms with Crippen LogP contribution in [0.5, 0.6) is 11.5 Å². The predicted octanol–water partition coefficient (Wildman–Crippen LogP) is 2.99. The van der Waals surface area contributed by atoms with Gasteiger partial charge in [0.25, 0.3) is 0 Å². The van der Waals surface area contributed by atoms with Crippen molar-refractivity contribution >= 4 is 35.9 Å². The molecule has 314 valence electrons. The van der Waals surface area contributed by atoms with Crippen molar-refractivity contribution in [2.75, 3.05) is 47.5 Å². The van der Waals surface area contributed by atoms with E-state index in [1.165, 1.54) is 26.0 Å². The maximum absolute atomic E-state index is 14.1. The van der Waals surface area contributed by atoms with Gasteiger partial charge in [0, 0.05) is 24.6 Å². The van der Waals surface area contributed by atoms with Crippen LogP contribution in [0.4, 0.5) is 9.59 Å². The smallest absolute Gasteiger partial charge is 0.407 e. The molecule has 4 atom stereocenters. The average Bonchev–Trinajstić information content (AvgIpc) is 3.12. The van der Waals surface area contributed by atoms with Crippen LogP contribution >= 0.6 is 0 Å². The highest BCUT2D eigenvalue weighted by Crippen LogP contribution is 2.40. The van der Waals surface area contributed by atoms with Crippen LogP contribution in [0, 0.1) is 0 Å². The van der Waals surface area contributed by atoms with Gasteiger partial charge in [0.05, 0.1) is 26.2 Å². The van der Waals surface area contributed by atoms with E-state index in [4.69, 9.17) is 23.7 Å². The van der Waals surface area contributed by atoms with Crippen molar-refractivity contribution in [3.05, 3.63) is 47.5 Å². The molecule has 1 aliphatic heterocycles. The fraction of sp³-hybridized carbons (Fsp3) is 0.550. The minimum atomic E-state index is -1.24. The number of carbonyl (C=O) groups excluding carboxylic acids is 6. The number of ether oxygens (including phenoxy) is 5. The summed E-state index contributed by atoms with van der Waals surface area (Å²) < 4.78 is 28.1. The van der Waals surface area contributed by atoms with Crippen molar-refractivity contribution in [1.29, 1.82) is 0 Å². The van der Waals surface area contributed by atoms with Crippen LogP contribution in [0.25, 0.3) is 11.1 Å². The summed E-state index contributed by atoms with van der Waals surface area (Å²) in [6, 6.07) is 5.97. The molecule has 0 spiro atoms. The van der Waals surface area contributed by atoms with Gasteiger partial charge in [-0.15, -0.1) is 0 Å². The van der Waals surface area contributed by atoms with Gasteiger partial charge in [0.15, 0.2) is 0 Å². The van der Waals surface area contributed by atoms with Crippen LogP contribution in [-0.4, -0.2) is 118 Å². The zero-order valence-corrected chi connectivity index (χ0v) is 34.7. The van der Waals surface area contributed by atoms with Crippen LogP contribution in [0.3, 0.4) is 0 Å². The van der Waals surface area contributed by atoms with Gasteiger partial charge in [-0.2, -0.15) is 0 Å². The van der Waals surface area contributed by atoms with Crippen molar-refractivity contribution < 1.29 is 52.5 Å². The van der Waals surface area contributed by atoms with E-state index in [9.17, 15) is 28.8 Å². The van der Waals surface area contributed by atoms with E-state index < -0.39 is 71.2 Å². The van der Waals surface area contributed by atoms with E-state index in [-0.39, 0.29) is 32.7 Å². The van der Waals surface area contributed by atoms with E-state index in [2.05, 4.69) is 26.6 Å². The van der Waals surface area contributed by atoms with Gasteiger partial charge in [-0.1, -0.05) is 12.1 Å². The molecule has 0 fully saturated rings. The first-order valence-corrected chi connectivity index (χ1v) is 18.7. The number of rotatable bonds is 12. The van der Waals surface area contributed by atoms with Gasteiger partial charge >= 0.3 is 18.2 Å². The van der Waals surface area contributed by atoms with Gasteiger partial charge in [-0.25, -0.2) is 14.4 Å². The molecule has 0 aliphatic carbocycles. The van der Waals surface area contributed by atoms with Gasteiger partial charge in [-0.3, -0.25) is 14.4 Å². The summed E-state index contributed by atoms with van der Waals surface area (Å²) in [4.78, 5) is 80.0. The predicted molar refractivity (Wildman–Crippen MR) is 211 cm³/mol. The topological polar surface area (TPSA) is 212 Å². The fourth-order valence-corrected chi connectivity index (χ4v) is 5.68. The molecular weight excluding hydrogens is 740 g/mol. The molecule has 57 heavy (non-hydrogen) atoms. The number of methoxy groups -OCH3 is 1. The van der Waals surface area contributed by atoms with E-state index in [1.54, 1.807) is 91.9 Å². The third kappa shape index (κ3) is 13.8. The molecule has 0 aromatic heterocycles. The van der Waals surface area contributed by atoms with Gasteiger partial charge in [-0.05, 0) is 97.8 Å². The zero-order chi connectivity index (χ0) is 42.7. The van der Waals surface area contributed by atoms with Crippen molar-refractivity contribution in [3.8, 4) is 22.6 Å². The Labute approximate surface area is 334 Å². The number of amides is 5. The molecule has 5 N–H and O–H groups in total. The summed E-state index contributed by atoms with van der Waals surface area (Å²) in [6.07, 6.45) is -1.23. The molecule has 17 nitrogen and oxygen atoms in total. The first-order valence-electron chi connectivity index (χ1n) is 18.7. The number of likely N-dealkylation sites (N-methyl/N-ethyl adjacent to an activating group) is 2. The second-order valence-electron chi connectivity index (χ2n) is 15.5. The molecular formula is C40H58N6O11. The number of carbonyl (C=O) groups is 6. The molecule has 0 saturated heterocycles. The number of alkyl carbamates (subject to hydrolysis) is 2. The zero-order valence-electron chi connectivity index (χ0n) is 34.7. The molecule has 2 aromatic rings. The average molecular weight is 799 g/mol. The van der Waals surface area contributed by atoms with Crippen molar-refractivity contribution in [2.24, 2.45) is 0 Å². The number of fused-ring (bicyclic) bond motifs is 5. The van der Waals surface area contributed by atoms with Gasteiger partial charge < -0.3 is 55.2 Å². The third-order valence-electron chi connectivity index (χ3n) is 8.49. The Morgan fingerprint density at radius 2 is 1.35 bits per heavy atom. The normalized spacial score (nSPS) is 17.7. The maximum atomic E-state index is 14.1. The number of nitrogens with one attached hydrogen (secondary N) is 5. The molecule has 1 aliphatic rings. The largest absolute Gasteiger partial charge is 0.491 e. The summed E-state index contributed by atoms with van der Waals surface area (Å²) >= 11 is 0. The van der Waals surface area contributed by atoms with E-state index in [1.807, 2.05) is 0 Å². The maximum Gasteiger partial charge on any atom is 0.407 e. The molecule has 1 heterocycles. The highest BCUT2D eigenvalue weighted by Gasteiger charge is 2.34. The molecule has 5 amide bonds. The lowest BCUT2D eigenvalue weighted by Crippen LogP contribution is -2.54. The monoisotopic (exact) mass is 798 g/mol. The van der Waals surface area contributed by atoms with Crippen LogP contribution < -0.4 is 36.1 Å². The SMILES string of the molecule is CN[C@@H](C)C(=O)N(C)[C@@H]1C(=O)N[C@@H](C)C(=O)N[C@H](C(=O)OC)Cc2ccc(OCCNC(=O)OC(C)(C)C)c(c2)-c2cc1ccc2OCCNC(=O)OC(C)(C)C. The van der Waals surface area contributed by atoms with Crippen LogP contribution in [0.2, 0.25) is 0 Å². The molecule has 4 bridgehead atoms. The van der Waals surface area contributed by atoms with Crippen molar-refractivity contribution in [3.63, 3.8) is 0 Å². The fourth-order valence-electron chi connectivity index (χ4n) is 5.68. The molecule has 0 unspecified atom stereocenters. The molecule has 0 radical (unpaired) electrons. The Balaban J connectivity index is 2.21. The lowest BCUT2D eigenvalue weighted by molar-refractivity contribution is -0.145. The molecule has 17 heteroatoms. The summed E-state index contributed by atoms with van der Waals surface area (Å²) in [6.45, 7) is 13.8. The number of benzene rings is 2. The molecule has 0 saturated carbocycles. The van der Waals surface area contributed by atoms with E-state index in [0.717, 1.165) is 0 Å². The third-order valence-corrected chi connectivity index (χ3v) is 8.49. The highest BCUT2D eigenvalue weighted by molar-refractivity contribution is 5.95. The number of hydrogen-bond donors (Lipinski definition) is 5. The summed E-state index contributed by atoms with van der Waals surface area (Å²) in [5.74, 6) is -1.75.